The van der Waals surface area contributed by atoms with Crippen molar-refractivity contribution >= 4 is 11.6 Å². The second kappa shape index (κ2) is 6.57. The Kier molecular flexibility index (Phi) is 4.80. The van der Waals surface area contributed by atoms with Crippen LogP contribution in [-0.2, 0) is 0 Å². The fraction of sp³-hybridized carbons (Fsp3) is 0.429. The lowest BCUT2D eigenvalue weighted by molar-refractivity contribution is 0.309. The molecule has 1 aromatic carbocycles. The van der Waals surface area contributed by atoms with Crippen LogP contribution >= 0.6 is 11.6 Å². The monoisotopic (exact) mass is 280 g/mol. The van der Waals surface area contributed by atoms with Crippen LogP contribution in [0.1, 0.15) is 38.0 Å². The van der Waals surface area contributed by atoms with Crippen LogP contribution < -0.4 is 4.74 Å². The Morgan fingerprint density at radius 2 is 2.00 bits per heavy atom. The first-order valence-corrected chi connectivity index (χ1v) is 6.85. The molecule has 1 heterocycles. The molecule has 1 aromatic heterocycles. The third kappa shape index (κ3) is 3.70. The van der Waals surface area contributed by atoms with Crippen LogP contribution in [0.25, 0.3) is 11.5 Å². The van der Waals surface area contributed by atoms with Gasteiger partial charge in [0.2, 0.25) is 11.8 Å². The van der Waals surface area contributed by atoms with Gasteiger partial charge in [0.05, 0.1) is 6.61 Å². The number of halogens is 1. The van der Waals surface area contributed by atoms with Gasteiger partial charge in [-0.05, 0) is 37.6 Å². The summed E-state index contributed by atoms with van der Waals surface area (Å²) in [4.78, 5) is 0. The van der Waals surface area contributed by atoms with Crippen molar-refractivity contribution in [2.75, 3.05) is 6.61 Å². The average molecular weight is 281 g/mol. The van der Waals surface area contributed by atoms with Crippen LogP contribution in [0.2, 0.25) is 0 Å². The predicted molar refractivity (Wildman–Crippen MR) is 74.4 cm³/mol. The second-order valence-corrected chi connectivity index (χ2v) is 4.94. The zero-order valence-electron chi connectivity index (χ0n) is 11.1. The molecule has 0 amide bonds. The van der Waals surface area contributed by atoms with Crippen LogP contribution in [0, 0.1) is 0 Å². The Hall–Kier alpha value is -1.55. The average Bonchev–Trinajstić information content (AvgIpc) is 2.90. The molecule has 4 nitrogen and oxygen atoms in total. The first-order valence-electron chi connectivity index (χ1n) is 6.41. The maximum Gasteiger partial charge on any atom is 0.247 e. The van der Waals surface area contributed by atoms with E-state index in [-0.39, 0.29) is 5.38 Å². The van der Waals surface area contributed by atoms with E-state index in [4.69, 9.17) is 20.8 Å². The highest BCUT2D eigenvalue weighted by atomic mass is 35.5. The van der Waals surface area contributed by atoms with Crippen LogP contribution in [0.5, 0.6) is 5.75 Å². The van der Waals surface area contributed by atoms with Crippen molar-refractivity contribution in [1.29, 1.82) is 0 Å². The highest BCUT2D eigenvalue weighted by molar-refractivity contribution is 6.20. The summed E-state index contributed by atoms with van der Waals surface area (Å²) >= 11 is 5.88. The van der Waals surface area contributed by atoms with Crippen molar-refractivity contribution in [3.8, 4) is 17.2 Å². The van der Waals surface area contributed by atoms with Gasteiger partial charge in [0.25, 0.3) is 0 Å². The van der Waals surface area contributed by atoms with Crippen LogP contribution in [-0.4, -0.2) is 16.8 Å². The number of alkyl halides is 1. The van der Waals surface area contributed by atoms with Crippen LogP contribution in [0.4, 0.5) is 0 Å². The fourth-order valence-corrected chi connectivity index (χ4v) is 1.63. The number of aromatic nitrogens is 2. The molecule has 0 radical (unpaired) electrons. The van der Waals surface area contributed by atoms with E-state index in [1.165, 1.54) is 0 Å². The van der Waals surface area contributed by atoms with Crippen molar-refractivity contribution in [2.24, 2.45) is 0 Å². The van der Waals surface area contributed by atoms with Gasteiger partial charge in [0.15, 0.2) is 0 Å². The van der Waals surface area contributed by atoms with Gasteiger partial charge in [-0.25, -0.2) is 0 Å². The molecule has 0 spiro atoms. The van der Waals surface area contributed by atoms with Gasteiger partial charge in [0.1, 0.15) is 11.1 Å². The Bertz CT molecular complexity index is 508. The van der Waals surface area contributed by atoms with Crippen molar-refractivity contribution in [1.82, 2.24) is 10.2 Å². The van der Waals surface area contributed by atoms with Gasteiger partial charge < -0.3 is 9.15 Å². The minimum absolute atomic E-state index is 0.280. The Balaban J connectivity index is 2.04. The predicted octanol–water partition coefficient (Wildman–Crippen LogP) is 4.22. The molecule has 0 bridgehead atoms. The molecule has 0 aliphatic rings. The lowest BCUT2D eigenvalue weighted by atomic mass is 10.2. The summed E-state index contributed by atoms with van der Waals surface area (Å²) in [5.41, 5.74) is 0.860. The summed E-state index contributed by atoms with van der Waals surface area (Å²) in [7, 11) is 0. The van der Waals surface area contributed by atoms with Crippen molar-refractivity contribution in [2.45, 2.75) is 32.1 Å². The van der Waals surface area contributed by atoms with Gasteiger partial charge in [-0.2, -0.15) is 0 Å². The van der Waals surface area contributed by atoms with Crippen LogP contribution in [0.3, 0.4) is 0 Å². The Labute approximate surface area is 117 Å². The smallest absolute Gasteiger partial charge is 0.247 e. The van der Waals surface area contributed by atoms with E-state index in [1.54, 1.807) is 6.92 Å². The van der Waals surface area contributed by atoms with Crippen LogP contribution in [0.15, 0.2) is 28.7 Å². The maximum atomic E-state index is 5.88. The lowest BCUT2D eigenvalue weighted by Crippen LogP contribution is -1.95. The number of hydrogen-bond acceptors (Lipinski definition) is 4. The molecule has 0 saturated heterocycles. The number of rotatable bonds is 6. The molecule has 5 heteroatoms. The summed E-state index contributed by atoms with van der Waals surface area (Å²) < 4.78 is 11.1. The Morgan fingerprint density at radius 1 is 1.26 bits per heavy atom. The topological polar surface area (TPSA) is 48.2 Å². The van der Waals surface area contributed by atoms with Gasteiger partial charge in [-0.1, -0.05) is 13.3 Å². The second-order valence-electron chi connectivity index (χ2n) is 4.29. The molecule has 2 aromatic rings. The van der Waals surface area contributed by atoms with E-state index in [2.05, 4.69) is 17.1 Å². The fourth-order valence-electron chi connectivity index (χ4n) is 1.54. The molecular formula is C14H17ClN2O2. The largest absolute Gasteiger partial charge is 0.494 e. The zero-order valence-corrected chi connectivity index (χ0v) is 11.9. The van der Waals surface area contributed by atoms with E-state index >= 15 is 0 Å². The summed E-state index contributed by atoms with van der Waals surface area (Å²) in [5.74, 6) is 1.75. The van der Waals surface area contributed by atoms with Gasteiger partial charge >= 0.3 is 0 Å². The molecule has 0 fully saturated rings. The lowest BCUT2D eigenvalue weighted by Gasteiger charge is -2.05. The molecule has 1 atom stereocenters. The first kappa shape index (κ1) is 13.9. The van der Waals surface area contributed by atoms with Gasteiger partial charge in [-0.3, -0.25) is 0 Å². The molecule has 2 rings (SSSR count). The molecule has 102 valence electrons. The van der Waals surface area contributed by atoms with Gasteiger partial charge in [0, 0.05) is 5.56 Å². The summed E-state index contributed by atoms with van der Waals surface area (Å²) in [5, 5.41) is 7.59. The first-order chi connectivity index (χ1) is 9.20. The summed E-state index contributed by atoms with van der Waals surface area (Å²) in [6.45, 7) is 4.67. The quantitative estimate of drug-likeness (QED) is 0.587. The minimum Gasteiger partial charge on any atom is -0.494 e. The van der Waals surface area contributed by atoms with Crippen molar-refractivity contribution < 1.29 is 9.15 Å². The molecule has 0 N–H and O–H groups in total. The third-order valence-corrected chi connectivity index (χ3v) is 2.84. The van der Waals surface area contributed by atoms with Gasteiger partial charge in [-0.15, -0.1) is 21.8 Å². The SMILES string of the molecule is CCCCOc1ccc(-c2nnc(C(C)Cl)o2)cc1. The molecule has 1 unspecified atom stereocenters. The highest BCUT2D eigenvalue weighted by Crippen LogP contribution is 2.25. The summed E-state index contributed by atoms with van der Waals surface area (Å²) in [6.07, 6.45) is 2.18. The van der Waals surface area contributed by atoms with E-state index in [0.717, 1.165) is 30.8 Å². The third-order valence-electron chi connectivity index (χ3n) is 2.65. The molecule has 0 aliphatic carbocycles. The number of benzene rings is 1. The molecule has 0 aliphatic heterocycles. The van der Waals surface area contributed by atoms with E-state index < -0.39 is 0 Å². The molecule has 0 saturated carbocycles. The highest BCUT2D eigenvalue weighted by Gasteiger charge is 2.12. The molecule has 19 heavy (non-hydrogen) atoms. The number of hydrogen-bond donors (Lipinski definition) is 0. The van der Waals surface area contributed by atoms with E-state index in [1.807, 2.05) is 24.3 Å². The zero-order chi connectivity index (χ0) is 13.7. The standard InChI is InChI=1S/C14H17ClN2O2/c1-3-4-9-18-12-7-5-11(6-8-12)14-17-16-13(19-14)10(2)15/h5-8,10H,3-4,9H2,1-2H3. The van der Waals surface area contributed by atoms with E-state index in [9.17, 15) is 0 Å². The minimum atomic E-state index is -0.280. The van der Waals surface area contributed by atoms with E-state index in [0.29, 0.717) is 11.8 Å². The molecular weight excluding hydrogens is 264 g/mol. The number of unbranched alkanes of at least 4 members (excludes halogenated alkanes) is 1. The van der Waals surface area contributed by atoms with Crippen molar-refractivity contribution in [3.05, 3.63) is 30.2 Å². The summed E-state index contributed by atoms with van der Waals surface area (Å²) in [6, 6.07) is 7.60. The number of ether oxygens (including phenoxy) is 1. The van der Waals surface area contributed by atoms with Crippen molar-refractivity contribution in [3.63, 3.8) is 0 Å². The maximum absolute atomic E-state index is 5.88. The number of nitrogens with zero attached hydrogens (tertiary/aromatic N) is 2. The Morgan fingerprint density at radius 3 is 2.58 bits per heavy atom. The normalized spacial score (nSPS) is 12.4.